The van der Waals surface area contributed by atoms with Gasteiger partial charge in [0.25, 0.3) is 0 Å². The Kier molecular flexibility index (Phi) is 9.83. The Morgan fingerprint density at radius 2 is 0.875 bits per heavy atom. The molecule has 0 aliphatic rings. The first-order valence-electron chi connectivity index (χ1n) is 10.2. The fraction of sp³-hybridized carbons (Fsp3) is 0.500. The van der Waals surface area contributed by atoms with Crippen molar-refractivity contribution in [2.45, 2.75) is 26.7 Å². The van der Waals surface area contributed by atoms with Crippen molar-refractivity contribution in [3.05, 3.63) is 32.2 Å². The van der Waals surface area contributed by atoms with Gasteiger partial charge in [0, 0.05) is 0 Å². The van der Waals surface area contributed by atoms with E-state index in [2.05, 4.69) is 45.7 Å². The van der Waals surface area contributed by atoms with Crippen molar-refractivity contribution in [1.29, 1.82) is 0 Å². The molecule has 2 aromatic rings. The van der Waals surface area contributed by atoms with E-state index in [0.717, 1.165) is 32.9 Å². The Morgan fingerprint density at radius 3 is 1.12 bits per heavy atom. The van der Waals surface area contributed by atoms with Crippen LogP contribution in [0.15, 0.2) is 21.1 Å². The van der Waals surface area contributed by atoms with E-state index in [4.69, 9.17) is 28.4 Å². The lowest BCUT2D eigenvalue weighted by atomic mass is 9.85. The summed E-state index contributed by atoms with van der Waals surface area (Å²) < 4.78 is 34.9. The maximum absolute atomic E-state index is 5.58. The van der Waals surface area contributed by atoms with Crippen LogP contribution in [-0.2, 0) is 12.8 Å². The number of methoxy groups -OCH3 is 6. The number of ether oxygens (including phenoxy) is 6. The third-order valence-electron chi connectivity index (χ3n) is 5.74. The zero-order valence-electron chi connectivity index (χ0n) is 19.9. The summed E-state index contributed by atoms with van der Waals surface area (Å²) in [4.78, 5) is 0. The zero-order valence-corrected chi connectivity index (χ0v) is 23.1. The number of hydrogen-bond donors (Lipinski definition) is 0. The molecule has 0 spiro atoms. The third kappa shape index (κ3) is 5.39. The summed E-state index contributed by atoms with van der Waals surface area (Å²) in [6.45, 7) is 4.48. The van der Waals surface area contributed by atoms with E-state index in [0.29, 0.717) is 46.3 Å². The average molecular weight is 576 g/mol. The molecule has 0 fully saturated rings. The standard InChI is InChI=1S/C24H32Br2O6/c1-13(9-15-11-17(27-3)21(29-5)23(31-7)19(15)25)14(2)10-16-12-18(28-4)22(30-6)24(32-8)20(16)26/h11-14H,9-10H2,1-8H3/t13-,14+. The number of hydrogen-bond acceptors (Lipinski definition) is 6. The largest absolute Gasteiger partial charge is 0.493 e. The maximum atomic E-state index is 5.58. The van der Waals surface area contributed by atoms with Crippen LogP contribution in [0.3, 0.4) is 0 Å². The molecule has 0 aromatic heterocycles. The topological polar surface area (TPSA) is 55.4 Å². The smallest absolute Gasteiger partial charge is 0.204 e. The van der Waals surface area contributed by atoms with Gasteiger partial charge in [-0.15, -0.1) is 0 Å². The van der Waals surface area contributed by atoms with E-state index in [1.54, 1.807) is 42.7 Å². The number of benzene rings is 2. The Morgan fingerprint density at radius 1 is 0.562 bits per heavy atom. The predicted octanol–water partition coefficient (Wildman–Crippen LogP) is 6.32. The monoisotopic (exact) mass is 574 g/mol. The van der Waals surface area contributed by atoms with Crippen LogP contribution in [0.4, 0.5) is 0 Å². The molecule has 2 aromatic carbocycles. The highest BCUT2D eigenvalue weighted by molar-refractivity contribution is 9.11. The fourth-order valence-electron chi connectivity index (χ4n) is 3.74. The molecule has 0 aliphatic carbocycles. The molecule has 0 heterocycles. The first-order valence-corrected chi connectivity index (χ1v) is 11.8. The minimum atomic E-state index is 0.361. The number of halogens is 2. The summed E-state index contributed by atoms with van der Waals surface area (Å²) in [7, 11) is 9.71. The van der Waals surface area contributed by atoms with Gasteiger partial charge in [-0.2, -0.15) is 0 Å². The molecule has 0 saturated heterocycles. The SMILES string of the molecule is COc1cc(C[C@@H](C)[C@@H](C)Cc2cc(OC)c(OC)c(OC)c2Br)c(Br)c(OC)c1OC. The molecular formula is C24H32Br2O6. The summed E-state index contributed by atoms with van der Waals surface area (Å²) in [5, 5.41) is 0. The highest BCUT2D eigenvalue weighted by Gasteiger charge is 2.24. The Hall–Kier alpha value is -1.80. The van der Waals surface area contributed by atoms with E-state index in [9.17, 15) is 0 Å². The highest BCUT2D eigenvalue weighted by atomic mass is 79.9. The van der Waals surface area contributed by atoms with Crippen LogP contribution in [0.5, 0.6) is 34.5 Å². The van der Waals surface area contributed by atoms with Crippen LogP contribution in [0.25, 0.3) is 0 Å². The lowest BCUT2D eigenvalue weighted by Crippen LogP contribution is -2.15. The average Bonchev–Trinajstić information content (AvgIpc) is 2.80. The van der Waals surface area contributed by atoms with Crippen molar-refractivity contribution in [2.24, 2.45) is 11.8 Å². The molecule has 2 rings (SSSR count). The zero-order chi connectivity index (χ0) is 24.0. The van der Waals surface area contributed by atoms with Crippen molar-refractivity contribution in [2.75, 3.05) is 42.7 Å². The molecule has 0 radical (unpaired) electrons. The van der Waals surface area contributed by atoms with Crippen LogP contribution in [0.2, 0.25) is 0 Å². The molecule has 0 amide bonds. The minimum absolute atomic E-state index is 0.361. The number of rotatable bonds is 11. The van der Waals surface area contributed by atoms with Gasteiger partial charge in [0.2, 0.25) is 11.5 Å². The molecule has 0 unspecified atom stereocenters. The van der Waals surface area contributed by atoms with Crippen molar-refractivity contribution >= 4 is 31.9 Å². The quantitative estimate of drug-likeness (QED) is 0.312. The Balaban J connectivity index is 2.33. The van der Waals surface area contributed by atoms with E-state index in [-0.39, 0.29) is 0 Å². The van der Waals surface area contributed by atoms with Crippen molar-refractivity contribution in [3.8, 4) is 34.5 Å². The van der Waals surface area contributed by atoms with E-state index in [1.165, 1.54) is 0 Å². The third-order valence-corrected chi connectivity index (χ3v) is 7.48. The lowest BCUT2D eigenvalue weighted by molar-refractivity contribution is 0.319. The summed E-state index contributed by atoms with van der Waals surface area (Å²) in [6.07, 6.45) is 1.67. The molecule has 0 saturated carbocycles. The van der Waals surface area contributed by atoms with Gasteiger partial charge in [0.05, 0.1) is 51.6 Å². The maximum Gasteiger partial charge on any atom is 0.204 e. The molecule has 0 N–H and O–H groups in total. The van der Waals surface area contributed by atoms with Crippen LogP contribution >= 0.6 is 31.9 Å². The van der Waals surface area contributed by atoms with Gasteiger partial charge in [-0.3, -0.25) is 0 Å². The van der Waals surface area contributed by atoms with Crippen LogP contribution < -0.4 is 28.4 Å². The second-order valence-corrected chi connectivity index (χ2v) is 9.19. The Labute approximate surface area is 207 Å². The molecule has 178 valence electrons. The second kappa shape index (κ2) is 11.9. The first-order chi connectivity index (χ1) is 15.3. The molecule has 0 bridgehead atoms. The molecule has 32 heavy (non-hydrogen) atoms. The van der Waals surface area contributed by atoms with Gasteiger partial charge in [-0.05, 0) is 79.8 Å². The van der Waals surface area contributed by atoms with Gasteiger partial charge in [-0.1, -0.05) is 13.8 Å². The minimum Gasteiger partial charge on any atom is -0.493 e. The summed E-state index contributed by atoms with van der Waals surface area (Å²) >= 11 is 7.38. The van der Waals surface area contributed by atoms with Gasteiger partial charge >= 0.3 is 0 Å². The van der Waals surface area contributed by atoms with Crippen LogP contribution in [0.1, 0.15) is 25.0 Å². The van der Waals surface area contributed by atoms with Crippen molar-refractivity contribution in [3.63, 3.8) is 0 Å². The molecular weight excluding hydrogens is 544 g/mol. The van der Waals surface area contributed by atoms with Crippen molar-refractivity contribution in [1.82, 2.24) is 0 Å². The van der Waals surface area contributed by atoms with Crippen LogP contribution in [0, 0.1) is 11.8 Å². The predicted molar refractivity (Wildman–Crippen MR) is 133 cm³/mol. The van der Waals surface area contributed by atoms with Gasteiger partial charge in [0.1, 0.15) is 0 Å². The van der Waals surface area contributed by atoms with Gasteiger partial charge in [0.15, 0.2) is 23.0 Å². The van der Waals surface area contributed by atoms with Crippen molar-refractivity contribution < 1.29 is 28.4 Å². The summed E-state index contributed by atoms with van der Waals surface area (Å²) in [5.41, 5.74) is 2.20. The Bertz CT molecular complexity index is 856. The molecule has 8 heteroatoms. The lowest BCUT2D eigenvalue weighted by Gasteiger charge is -2.24. The first kappa shape index (κ1) is 26.5. The van der Waals surface area contributed by atoms with E-state index in [1.807, 2.05) is 12.1 Å². The van der Waals surface area contributed by atoms with Gasteiger partial charge in [-0.25, -0.2) is 0 Å². The summed E-state index contributed by atoms with van der Waals surface area (Å²) in [5.74, 6) is 4.44. The molecule has 2 atom stereocenters. The molecule has 6 nitrogen and oxygen atoms in total. The van der Waals surface area contributed by atoms with E-state index >= 15 is 0 Å². The summed E-state index contributed by atoms with van der Waals surface area (Å²) in [6, 6.07) is 4.01. The molecule has 0 aliphatic heterocycles. The normalized spacial score (nSPS) is 12.7. The van der Waals surface area contributed by atoms with Crippen LogP contribution in [-0.4, -0.2) is 42.7 Å². The highest BCUT2D eigenvalue weighted by Crippen LogP contribution is 2.47. The van der Waals surface area contributed by atoms with Gasteiger partial charge < -0.3 is 28.4 Å². The van der Waals surface area contributed by atoms with E-state index < -0.39 is 0 Å². The fourth-order valence-corrected chi connectivity index (χ4v) is 4.97. The second-order valence-electron chi connectivity index (χ2n) is 7.60.